The summed E-state index contributed by atoms with van der Waals surface area (Å²) >= 11 is 0. The van der Waals surface area contributed by atoms with Crippen LogP contribution in [0.15, 0.2) is 0 Å². The Balaban J connectivity index is 0. The molecule has 0 aromatic rings. The summed E-state index contributed by atoms with van der Waals surface area (Å²) in [7, 11) is 0. The van der Waals surface area contributed by atoms with Crippen molar-refractivity contribution in [3.05, 3.63) is 0 Å². The van der Waals surface area contributed by atoms with Gasteiger partial charge in [0.2, 0.25) is 0 Å². The minimum absolute atomic E-state index is 0. The second-order valence-corrected chi connectivity index (χ2v) is 0. The molecule has 0 aliphatic heterocycles. The minimum atomic E-state index is 0. The van der Waals surface area contributed by atoms with Gasteiger partial charge in [-0.05, 0) is 0 Å². The molecule has 0 aromatic heterocycles. The second kappa shape index (κ2) is 81.8. The normalized spacial score (nSPS) is 0. The van der Waals surface area contributed by atoms with Crippen LogP contribution < -0.4 is 18.9 Å². The zero-order valence-electron chi connectivity index (χ0n) is 3.71. The van der Waals surface area contributed by atoms with E-state index in [2.05, 4.69) is 0 Å². The Bertz CT molecular complexity index is 11.7. The van der Waals surface area contributed by atoms with Crippen molar-refractivity contribution in [1.29, 1.82) is 0 Å². The van der Waals surface area contributed by atoms with Crippen LogP contribution in [-0.4, -0.2) is 0 Å². The van der Waals surface area contributed by atoms with E-state index in [0.717, 1.165) is 0 Å². The van der Waals surface area contributed by atoms with Crippen LogP contribution >= 0.6 is 0 Å². The molecule has 0 saturated heterocycles. The Labute approximate surface area is 96.7 Å². The molecular formula is LaLiO4Ti. The first-order chi connectivity index (χ1) is 0. The van der Waals surface area contributed by atoms with E-state index in [1.807, 2.05) is 0 Å². The van der Waals surface area contributed by atoms with E-state index in [1.54, 1.807) is 0 Å². The Morgan fingerprint density at radius 3 is 0.571 bits per heavy atom. The fraction of sp³-hybridized carbons (Fsp3) is 0. The van der Waals surface area contributed by atoms with Crippen LogP contribution in [0.25, 0.3) is 0 Å². The van der Waals surface area contributed by atoms with E-state index < -0.39 is 0 Å². The molecule has 0 radical (unpaired) electrons. The maximum atomic E-state index is 0. The maximum Gasteiger partial charge on any atom is 4.00 e. The Morgan fingerprint density at radius 1 is 0.571 bits per heavy atom. The minimum Gasteiger partial charge on any atom is -2.00 e. The molecule has 0 saturated carbocycles. The average molecular weight is 258 g/mol. The molecule has 0 aromatic carbocycles. The van der Waals surface area contributed by atoms with Gasteiger partial charge in [-0.25, -0.2) is 0 Å². The molecule has 7 heteroatoms. The summed E-state index contributed by atoms with van der Waals surface area (Å²) in [5, 5.41) is 0. The summed E-state index contributed by atoms with van der Waals surface area (Å²) in [6.07, 6.45) is 0. The van der Waals surface area contributed by atoms with Crippen LogP contribution in [0.4, 0.5) is 0 Å². The molecule has 0 aliphatic carbocycles. The van der Waals surface area contributed by atoms with Crippen LogP contribution in [0, 0.1) is 35.6 Å². The van der Waals surface area contributed by atoms with Gasteiger partial charge >= 0.3 is 76.2 Å². The van der Waals surface area contributed by atoms with Gasteiger partial charge in [-0.1, -0.05) is 0 Å². The van der Waals surface area contributed by atoms with E-state index in [4.69, 9.17) is 0 Å². The summed E-state index contributed by atoms with van der Waals surface area (Å²) in [5.74, 6) is 0. The molecule has 0 fully saturated rings. The quantitative estimate of drug-likeness (QED) is 0.401. The molecule has 7 heavy (non-hydrogen) atoms. The third-order valence-electron chi connectivity index (χ3n) is 0. The smallest absolute Gasteiger partial charge is 2.00 e. The van der Waals surface area contributed by atoms with Crippen molar-refractivity contribution >= 4 is 0 Å². The van der Waals surface area contributed by atoms with Crippen LogP contribution in [0.1, 0.15) is 0 Å². The predicted octanol–water partition coefficient (Wildman–Crippen LogP) is -3.47. The molecule has 0 rings (SSSR count). The first-order valence-electron chi connectivity index (χ1n) is 0. The van der Waals surface area contributed by atoms with Crippen molar-refractivity contribution < 1.29 is 98.1 Å². The second-order valence-electron chi connectivity index (χ2n) is 0. The first-order valence-corrected chi connectivity index (χ1v) is 0. The van der Waals surface area contributed by atoms with Gasteiger partial charge in [-0.15, -0.1) is 0 Å². The summed E-state index contributed by atoms with van der Waals surface area (Å²) < 4.78 is 0. The number of hydrogen-bond acceptors (Lipinski definition) is 0. The molecule has 0 atom stereocenters. The topological polar surface area (TPSA) is 114 Å². The Hall–Kier alpha value is 2.35. The maximum absolute atomic E-state index is 0. The molecule has 0 amide bonds. The van der Waals surface area contributed by atoms with Crippen molar-refractivity contribution in [1.82, 2.24) is 0 Å². The third kappa shape index (κ3) is 61.1. The fourth-order valence-electron chi connectivity index (χ4n) is 0. The van der Waals surface area contributed by atoms with E-state index in [0.29, 0.717) is 0 Å². The average Bonchev–Trinajstić information content (AvgIpc) is 0. The number of hydrogen-bond donors (Lipinski definition) is 0. The largest absolute Gasteiger partial charge is 4.00 e. The predicted molar refractivity (Wildman–Crippen MR) is 2.75 cm³/mol. The SMILES string of the molecule is [La+3].[Li+].[O-2].[O-2].[O-2].[O-2].[Ti+4]. The molecular weight excluding hydrogens is 258 g/mol. The van der Waals surface area contributed by atoms with Crippen LogP contribution in [-0.2, 0) is 43.6 Å². The van der Waals surface area contributed by atoms with Gasteiger partial charge in [0.1, 0.15) is 0 Å². The van der Waals surface area contributed by atoms with Crippen molar-refractivity contribution in [3.8, 4) is 0 Å². The molecule has 0 heterocycles. The summed E-state index contributed by atoms with van der Waals surface area (Å²) in [6.45, 7) is 0. The van der Waals surface area contributed by atoms with Gasteiger partial charge in [0.05, 0.1) is 0 Å². The molecule has 0 N–H and O–H groups in total. The van der Waals surface area contributed by atoms with Crippen LogP contribution in [0.3, 0.4) is 0 Å². The van der Waals surface area contributed by atoms with Crippen molar-refractivity contribution in [3.63, 3.8) is 0 Å². The van der Waals surface area contributed by atoms with Crippen molar-refractivity contribution in [2.75, 3.05) is 0 Å². The van der Waals surface area contributed by atoms with E-state index in [9.17, 15) is 0 Å². The third-order valence-corrected chi connectivity index (χ3v) is 0. The molecule has 32 valence electrons. The summed E-state index contributed by atoms with van der Waals surface area (Å²) in [5.41, 5.74) is 0. The fourth-order valence-corrected chi connectivity index (χ4v) is 0. The van der Waals surface area contributed by atoms with Gasteiger partial charge in [0.25, 0.3) is 0 Å². The van der Waals surface area contributed by atoms with E-state index in [1.165, 1.54) is 0 Å². The van der Waals surface area contributed by atoms with E-state index in [-0.39, 0.29) is 98.1 Å². The zero-order valence-corrected chi connectivity index (χ0v) is 8.90. The zero-order chi connectivity index (χ0) is 0. The standard InChI is InChI=1S/La.Li.4O.Ti/q+3;+1;4*-2;+4. The Morgan fingerprint density at radius 2 is 0.571 bits per heavy atom. The van der Waals surface area contributed by atoms with Crippen LogP contribution in [0.2, 0.25) is 0 Å². The van der Waals surface area contributed by atoms with Gasteiger partial charge in [-0.2, -0.15) is 0 Å². The number of rotatable bonds is 0. The van der Waals surface area contributed by atoms with Gasteiger partial charge in [0.15, 0.2) is 0 Å². The van der Waals surface area contributed by atoms with Crippen molar-refractivity contribution in [2.45, 2.75) is 0 Å². The summed E-state index contributed by atoms with van der Waals surface area (Å²) in [6, 6.07) is 0. The van der Waals surface area contributed by atoms with Gasteiger partial charge < -0.3 is 21.9 Å². The molecule has 0 aliphatic rings. The van der Waals surface area contributed by atoms with E-state index >= 15 is 0 Å². The van der Waals surface area contributed by atoms with Crippen molar-refractivity contribution in [2.24, 2.45) is 0 Å². The molecule has 4 nitrogen and oxygen atoms in total. The molecule has 0 bridgehead atoms. The summed E-state index contributed by atoms with van der Waals surface area (Å²) in [4.78, 5) is 0. The van der Waals surface area contributed by atoms with Gasteiger partial charge in [-0.3, -0.25) is 0 Å². The monoisotopic (exact) mass is 258 g/mol. The Kier molecular flexibility index (Phi) is 1380. The molecule has 0 unspecified atom stereocenters. The van der Waals surface area contributed by atoms with Gasteiger partial charge in [0, 0.05) is 0 Å². The first kappa shape index (κ1) is 118. The van der Waals surface area contributed by atoms with Crippen LogP contribution in [0.5, 0.6) is 0 Å². The molecule has 0 spiro atoms.